The molecule has 1 rings (SSSR count). The molecule has 0 spiro atoms. The van der Waals surface area contributed by atoms with E-state index in [-0.39, 0.29) is 31.3 Å². The van der Waals surface area contributed by atoms with E-state index in [4.69, 9.17) is 14.6 Å². The van der Waals surface area contributed by atoms with Gasteiger partial charge < -0.3 is 14.6 Å². The van der Waals surface area contributed by atoms with Crippen molar-refractivity contribution in [2.24, 2.45) is 0 Å². The summed E-state index contributed by atoms with van der Waals surface area (Å²) in [5, 5.41) is 8.52. The summed E-state index contributed by atoms with van der Waals surface area (Å²) in [6, 6.07) is 4.95. The van der Waals surface area contributed by atoms with Gasteiger partial charge >= 0.3 is 0 Å². The van der Waals surface area contributed by atoms with Crippen LogP contribution in [0.1, 0.15) is 5.56 Å². The van der Waals surface area contributed by atoms with Crippen molar-refractivity contribution in [2.45, 2.75) is 11.8 Å². The lowest BCUT2D eigenvalue weighted by atomic mass is 10.2. The summed E-state index contributed by atoms with van der Waals surface area (Å²) < 4.78 is 36.7. The van der Waals surface area contributed by atoms with Crippen molar-refractivity contribution in [1.82, 2.24) is 4.72 Å². The van der Waals surface area contributed by atoms with Gasteiger partial charge in [-0.25, -0.2) is 13.1 Å². The Bertz CT molecular complexity index is 501. The molecule has 2 N–H and O–H groups in total. The Morgan fingerprint density at radius 2 is 2.05 bits per heavy atom. The molecule has 7 heteroatoms. The van der Waals surface area contributed by atoms with Gasteiger partial charge in [-0.1, -0.05) is 6.07 Å². The second kappa shape index (κ2) is 7.44. The van der Waals surface area contributed by atoms with Crippen molar-refractivity contribution in [3.05, 3.63) is 23.8 Å². The SMILES string of the molecule is COc1ccc(C)cc1S(=O)(=O)NCCOCCO. The summed E-state index contributed by atoms with van der Waals surface area (Å²) in [5.41, 5.74) is 0.831. The maximum absolute atomic E-state index is 12.1. The molecule has 1 aromatic carbocycles. The number of ether oxygens (including phenoxy) is 2. The number of methoxy groups -OCH3 is 1. The molecule has 0 heterocycles. The van der Waals surface area contributed by atoms with Gasteiger partial charge in [-0.15, -0.1) is 0 Å². The average Bonchev–Trinajstić information content (AvgIpc) is 2.38. The summed E-state index contributed by atoms with van der Waals surface area (Å²) in [4.78, 5) is 0.108. The standard InChI is InChI=1S/C12H19NO5S/c1-10-3-4-11(17-2)12(9-10)19(15,16)13-5-7-18-8-6-14/h3-4,9,13-14H,5-8H2,1-2H3. The molecular formula is C12H19NO5S. The number of rotatable bonds is 8. The van der Waals surface area contributed by atoms with Gasteiger partial charge in [-0.3, -0.25) is 0 Å². The van der Waals surface area contributed by atoms with E-state index < -0.39 is 10.0 Å². The third-order valence-corrected chi connectivity index (χ3v) is 3.86. The third-order valence-electron chi connectivity index (χ3n) is 2.38. The first kappa shape index (κ1) is 15.9. The van der Waals surface area contributed by atoms with Crippen molar-refractivity contribution < 1.29 is 23.0 Å². The Morgan fingerprint density at radius 1 is 1.32 bits per heavy atom. The van der Waals surface area contributed by atoms with Gasteiger partial charge in [0.1, 0.15) is 10.6 Å². The van der Waals surface area contributed by atoms with E-state index >= 15 is 0 Å². The monoisotopic (exact) mass is 289 g/mol. The summed E-state index contributed by atoms with van der Waals surface area (Å²) >= 11 is 0. The highest BCUT2D eigenvalue weighted by Crippen LogP contribution is 2.24. The van der Waals surface area contributed by atoms with Crippen molar-refractivity contribution >= 4 is 10.0 Å². The van der Waals surface area contributed by atoms with E-state index in [9.17, 15) is 8.42 Å². The number of hydrogen-bond acceptors (Lipinski definition) is 5. The second-order valence-electron chi connectivity index (χ2n) is 3.89. The summed E-state index contributed by atoms with van der Waals surface area (Å²) in [5.74, 6) is 0.300. The van der Waals surface area contributed by atoms with Crippen molar-refractivity contribution in [2.75, 3.05) is 33.5 Å². The number of benzene rings is 1. The molecule has 6 nitrogen and oxygen atoms in total. The van der Waals surface area contributed by atoms with Gasteiger partial charge in [0.05, 0.1) is 26.9 Å². The van der Waals surface area contributed by atoms with Gasteiger partial charge in [0.15, 0.2) is 0 Å². The zero-order chi connectivity index (χ0) is 14.3. The topological polar surface area (TPSA) is 84.9 Å². The smallest absolute Gasteiger partial charge is 0.244 e. The quantitative estimate of drug-likeness (QED) is 0.672. The Balaban J connectivity index is 2.74. The molecule has 0 saturated carbocycles. The van der Waals surface area contributed by atoms with E-state index in [2.05, 4.69) is 4.72 Å². The van der Waals surface area contributed by atoms with Crippen LogP contribution in [0.4, 0.5) is 0 Å². The minimum atomic E-state index is -3.63. The normalized spacial score (nSPS) is 11.5. The zero-order valence-corrected chi connectivity index (χ0v) is 11.9. The number of aliphatic hydroxyl groups excluding tert-OH is 1. The first-order valence-corrected chi connectivity index (χ1v) is 7.32. The molecule has 19 heavy (non-hydrogen) atoms. The molecule has 0 aromatic heterocycles. The van der Waals surface area contributed by atoms with Crippen molar-refractivity contribution in [1.29, 1.82) is 0 Å². The van der Waals surface area contributed by atoms with Crippen LogP contribution in [0.2, 0.25) is 0 Å². The number of aryl methyl sites for hydroxylation is 1. The summed E-state index contributed by atoms with van der Waals surface area (Å²) in [6.45, 7) is 2.25. The minimum Gasteiger partial charge on any atom is -0.495 e. The molecule has 0 amide bonds. The van der Waals surface area contributed by atoms with E-state index in [1.165, 1.54) is 7.11 Å². The van der Waals surface area contributed by atoms with E-state index in [1.54, 1.807) is 18.2 Å². The highest BCUT2D eigenvalue weighted by molar-refractivity contribution is 7.89. The Labute approximate surface area is 113 Å². The molecule has 108 valence electrons. The maximum atomic E-state index is 12.1. The van der Waals surface area contributed by atoms with Crippen LogP contribution in [0, 0.1) is 6.92 Å². The molecule has 0 fully saturated rings. The van der Waals surface area contributed by atoms with Gasteiger partial charge in [0.25, 0.3) is 0 Å². The lowest BCUT2D eigenvalue weighted by Crippen LogP contribution is -2.28. The fourth-order valence-corrected chi connectivity index (χ4v) is 2.75. The van der Waals surface area contributed by atoms with Crippen LogP contribution < -0.4 is 9.46 Å². The molecule has 0 bridgehead atoms. The highest BCUT2D eigenvalue weighted by Gasteiger charge is 2.18. The molecule has 0 aliphatic heterocycles. The van der Waals surface area contributed by atoms with Crippen molar-refractivity contribution in [3.63, 3.8) is 0 Å². The number of hydrogen-bond donors (Lipinski definition) is 2. The lowest BCUT2D eigenvalue weighted by molar-refractivity contribution is 0.0961. The van der Waals surface area contributed by atoms with Crippen LogP contribution in [-0.2, 0) is 14.8 Å². The number of nitrogens with one attached hydrogen (secondary N) is 1. The fraction of sp³-hybridized carbons (Fsp3) is 0.500. The highest BCUT2D eigenvalue weighted by atomic mass is 32.2. The fourth-order valence-electron chi connectivity index (χ4n) is 1.49. The summed E-state index contributed by atoms with van der Waals surface area (Å²) in [6.07, 6.45) is 0. The Hall–Kier alpha value is -1.15. The van der Waals surface area contributed by atoms with E-state index in [1.807, 2.05) is 6.92 Å². The molecule has 0 aliphatic carbocycles. The largest absolute Gasteiger partial charge is 0.495 e. The Morgan fingerprint density at radius 3 is 2.68 bits per heavy atom. The van der Waals surface area contributed by atoms with Crippen molar-refractivity contribution in [3.8, 4) is 5.75 Å². The maximum Gasteiger partial charge on any atom is 0.244 e. The summed E-state index contributed by atoms with van der Waals surface area (Å²) in [7, 11) is -2.21. The van der Waals surface area contributed by atoms with Gasteiger partial charge in [-0.2, -0.15) is 0 Å². The second-order valence-corrected chi connectivity index (χ2v) is 5.62. The predicted molar refractivity (Wildman–Crippen MR) is 70.8 cm³/mol. The van der Waals surface area contributed by atoms with E-state index in [0.29, 0.717) is 5.75 Å². The molecule has 1 aromatic rings. The molecule has 0 aliphatic rings. The van der Waals surface area contributed by atoms with Gasteiger partial charge in [0.2, 0.25) is 10.0 Å². The molecular weight excluding hydrogens is 270 g/mol. The van der Waals surface area contributed by atoms with Crippen LogP contribution in [0.25, 0.3) is 0 Å². The van der Waals surface area contributed by atoms with Gasteiger partial charge in [0, 0.05) is 6.54 Å². The average molecular weight is 289 g/mol. The van der Waals surface area contributed by atoms with Crippen LogP contribution in [0.15, 0.2) is 23.1 Å². The Kier molecular flexibility index (Phi) is 6.23. The minimum absolute atomic E-state index is 0.0849. The van der Waals surface area contributed by atoms with E-state index in [0.717, 1.165) is 5.56 Å². The molecule has 0 unspecified atom stereocenters. The number of sulfonamides is 1. The molecule has 0 saturated heterocycles. The third kappa shape index (κ3) is 4.79. The van der Waals surface area contributed by atoms with Crippen LogP contribution >= 0.6 is 0 Å². The van der Waals surface area contributed by atoms with Crippen LogP contribution in [0.3, 0.4) is 0 Å². The zero-order valence-electron chi connectivity index (χ0n) is 11.0. The van der Waals surface area contributed by atoms with Crippen LogP contribution in [0.5, 0.6) is 5.75 Å². The number of aliphatic hydroxyl groups is 1. The molecule has 0 atom stereocenters. The lowest BCUT2D eigenvalue weighted by Gasteiger charge is -2.11. The predicted octanol–water partition coefficient (Wildman–Crippen LogP) is 0.291. The first-order valence-electron chi connectivity index (χ1n) is 5.84. The van der Waals surface area contributed by atoms with Crippen LogP contribution in [-0.4, -0.2) is 47.0 Å². The first-order chi connectivity index (χ1) is 9.01. The van der Waals surface area contributed by atoms with Gasteiger partial charge in [-0.05, 0) is 24.6 Å². The molecule has 0 radical (unpaired) electrons.